The maximum Gasteiger partial charge on any atom is 0.242 e. The van der Waals surface area contributed by atoms with Gasteiger partial charge in [0, 0.05) is 25.2 Å². The summed E-state index contributed by atoms with van der Waals surface area (Å²) in [7, 11) is 0. The summed E-state index contributed by atoms with van der Waals surface area (Å²) in [6.45, 7) is 7.81. The molecule has 1 aromatic carbocycles. The third-order valence-corrected chi connectivity index (χ3v) is 4.50. The topological polar surface area (TPSA) is 50.2 Å². The average molecular weight is 312 g/mol. The second-order valence-electron chi connectivity index (χ2n) is 6.41. The predicted octanol–water partition coefficient (Wildman–Crippen LogP) is 2.85. The molecular formula is C18H24N4O. The molecule has 0 bridgehead atoms. The minimum absolute atomic E-state index is 0.0202. The number of carbonyl (C=O) groups excluding carboxylic acids is 1. The summed E-state index contributed by atoms with van der Waals surface area (Å²) in [6.07, 6.45) is 2.72. The maximum atomic E-state index is 12.6. The number of nitrogens with one attached hydrogen (secondary N) is 1. The summed E-state index contributed by atoms with van der Waals surface area (Å²) in [5.74, 6) is 0.779. The molecule has 1 aliphatic heterocycles. The number of hydrogen-bond donors (Lipinski definition) is 1. The van der Waals surface area contributed by atoms with E-state index in [0.717, 1.165) is 25.3 Å². The summed E-state index contributed by atoms with van der Waals surface area (Å²) in [5.41, 5.74) is 2.72. The van der Waals surface area contributed by atoms with Crippen LogP contribution in [0, 0.1) is 0 Å². The van der Waals surface area contributed by atoms with Crippen LogP contribution in [0.5, 0.6) is 0 Å². The van der Waals surface area contributed by atoms with Crippen molar-refractivity contribution < 1.29 is 4.79 Å². The van der Waals surface area contributed by atoms with Crippen LogP contribution >= 0.6 is 0 Å². The minimum atomic E-state index is -0.168. The standard InChI is InChI=1S/C18H24N4O/c1-13(2)22-17(8-10-19-22)20-18(23)14(3)21-11-9-15-6-4-5-7-16(15)12-21/h4-8,10,13-14H,9,11-12H2,1-3H3,(H,20,23)/t14-/m0/s1. The van der Waals surface area contributed by atoms with Gasteiger partial charge in [0.2, 0.25) is 5.91 Å². The molecule has 0 fully saturated rings. The lowest BCUT2D eigenvalue weighted by Crippen LogP contribution is -2.44. The monoisotopic (exact) mass is 312 g/mol. The summed E-state index contributed by atoms with van der Waals surface area (Å²) in [6, 6.07) is 10.4. The molecule has 5 nitrogen and oxygen atoms in total. The van der Waals surface area contributed by atoms with Crippen molar-refractivity contribution in [3.8, 4) is 0 Å². The molecule has 0 saturated heterocycles. The summed E-state index contributed by atoms with van der Waals surface area (Å²) >= 11 is 0. The van der Waals surface area contributed by atoms with Crippen molar-refractivity contribution in [1.82, 2.24) is 14.7 Å². The molecule has 23 heavy (non-hydrogen) atoms. The number of carbonyl (C=O) groups is 1. The van der Waals surface area contributed by atoms with Crippen LogP contribution in [0.1, 0.15) is 37.9 Å². The van der Waals surface area contributed by atoms with E-state index in [0.29, 0.717) is 0 Å². The number of anilines is 1. The summed E-state index contributed by atoms with van der Waals surface area (Å²) in [4.78, 5) is 14.8. The summed E-state index contributed by atoms with van der Waals surface area (Å²) in [5, 5.41) is 7.27. The SMILES string of the molecule is CC(C)n1nccc1NC(=O)[C@H](C)N1CCc2ccccc2C1. The lowest BCUT2D eigenvalue weighted by Gasteiger charge is -2.32. The van der Waals surface area contributed by atoms with Gasteiger partial charge >= 0.3 is 0 Å². The van der Waals surface area contributed by atoms with Crippen LogP contribution in [0.3, 0.4) is 0 Å². The highest BCUT2D eigenvalue weighted by molar-refractivity contribution is 5.93. The zero-order valence-electron chi connectivity index (χ0n) is 14.0. The quantitative estimate of drug-likeness (QED) is 0.944. The molecule has 0 unspecified atom stereocenters. The van der Waals surface area contributed by atoms with E-state index in [1.807, 2.05) is 31.5 Å². The molecule has 1 amide bonds. The van der Waals surface area contributed by atoms with E-state index >= 15 is 0 Å². The van der Waals surface area contributed by atoms with Crippen molar-refractivity contribution in [1.29, 1.82) is 0 Å². The smallest absolute Gasteiger partial charge is 0.242 e. The zero-order valence-corrected chi connectivity index (χ0v) is 14.0. The Morgan fingerprint density at radius 1 is 1.17 bits per heavy atom. The van der Waals surface area contributed by atoms with E-state index in [1.54, 1.807) is 6.20 Å². The van der Waals surface area contributed by atoms with Gasteiger partial charge < -0.3 is 5.32 Å². The van der Waals surface area contributed by atoms with Gasteiger partial charge in [-0.25, -0.2) is 4.68 Å². The first-order valence-corrected chi connectivity index (χ1v) is 8.21. The molecule has 2 aromatic rings. The van der Waals surface area contributed by atoms with Crippen molar-refractivity contribution in [2.75, 3.05) is 11.9 Å². The number of aromatic nitrogens is 2. The number of rotatable bonds is 4. The normalized spacial score (nSPS) is 16.2. The van der Waals surface area contributed by atoms with Gasteiger partial charge in [-0.2, -0.15) is 5.10 Å². The van der Waals surface area contributed by atoms with Gasteiger partial charge in [-0.3, -0.25) is 9.69 Å². The highest BCUT2D eigenvalue weighted by Crippen LogP contribution is 2.21. The van der Waals surface area contributed by atoms with Crippen LogP contribution in [-0.2, 0) is 17.8 Å². The van der Waals surface area contributed by atoms with Gasteiger partial charge in [0.1, 0.15) is 5.82 Å². The van der Waals surface area contributed by atoms with Crippen molar-refractivity contribution in [2.45, 2.75) is 45.8 Å². The second-order valence-corrected chi connectivity index (χ2v) is 6.41. The minimum Gasteiger partial charge on any atom is -0.310 e. The van der Waals surface area contributed by atoms with Crippen LogP contribution in [0.2, 0.25) is 0 Å². The molecule has 0 aliphatic carbocycles. The Kier molecular flexibility index (Phi) is 4.48. The molecule has 1 atom stereocenters. The number of fused-ring (bicyclic) bond motifs is 1. The fraction of sp³-hybridized carbons (Fsp3) is 0.444. The molecular weight excluding hydrogens is 288 g/mol. The third kappa shape index (κ3) is 3.29. The van der Waals surface area contributed by atoms with Crippen molar-refractivity contribution in [3.63, 3.8) is 0 Å². The van der Waals surface area contributed by atoms with Gasteiger partial charge in [0.05, 0.1) is 12.2 Å². The molecule has 0 spiro atoms. The Morgan fingerprint density at radius 3 is 2.65 bits per heavy atom. The van der Waals surface area contributed by atoms with Gasteiger partial charge in [-0.05, 0) is 38.3 Å². The van der Waals surface area contributed by atoms with E-state index in [4.69, 9.17) is 0 Å². The van der Waals surface area contributed by atoms with Crippen LogP contribution in [0.4, 0.5) is 5.82 Å². The van der Waals surface area contributed by atoms with Crippen molar-refractivity contribution in [3.05, 3.63) is 47.7 Å². The molecule has 0 saturated carbocycles. The van der Waals surface area contributed by atoms with Crippen molar-refractivity contribution in [2.24, 2.45) is 0 Å². The molecule has 1 N–H and O–H groups in total. The van der Waals surface area contributed by atoms with Crippen LogP contribution in [-0.4, -0.2) is 33.2 Å². The molecule has 0 radical (unpaired) electrons. The maximum absolute atomic E-state index is 12.6. The fourth-order valence-electron chi connectivity index (χ4n) is 3.07. The van der Waals surface area contributed by atoms with Gasteiger partial charge in [0.15, 0.2) is 0 Å². The number of hydrogen-bond acceptors (Lipinski definition) is 3. The predicted molar refractivity (Wildman–Crippen MR) is 91.3 cm³/mol. The highest BCUT2D eigenvalue weighted by Gasteiger charge is 2.25. The van der Waals surface area contributed by atoms with E-state index < -0.39 is 0 Å². The van der Waals surface area contributed by atoms with E-state index in [-0.39, 0.29) is 18.0 Å². The first-order chi connectivity index (χ1) is 11.1. The summed E-state index contributed by atoms with van der Waals surface area (Å²) < 4.78 is 1.83. The Balaban J connectivity index is 1.67. The van der Waals surface area contributed by atoms with Gasteiger partial charge in [0.25, 0.3) is 0 Å². The second kappa shape index (κ2) is 6.54. The van der Waals surface area contributed by atoms with E-state index in [2.05, 4.69) is 39.6 Å². The van der Waals surface area contributed by atoms with E-state index in [9.17, 15) is 4.79 Å². The first-order valence-electron chi connectivity index (χ1n) is 8.21. The molecule has 1 aliphatic rings. The lowest BCUT2D eigenvalue weighted by atomic mass is 9.99. The molecule has 3 rings (SSSR count). The number of amides is 1. The Hall–Kier alpha value is -2.14. The van der Waals surface area contributed by atoms with Crippen LogP contribution in [0.15, 0.2) is 36.5 Å². The fourth-order valence-corrected chi connectivity index (χ4v) is 3.07. The number of nitrogens with zero attached hydrogens (tertiary/aromatic N) is 3. The van der Waals surface area contributed by atoms with Crippen LogP contribution in [0.25, 0.3) is 0 Å². The Morgan fingerprint density at radius 2 is 1.91 bits per heavy atom. The molecule has 5 heteroatoms. The first kappa shape index (κ1) is 15.7. The van der Waals surface area contributed by atoms with Crippen LogP contribution < -0.4 is 5.32 Å². The van der Waals surface area contributed by atoms with Crippen molar-refractivity contribution >= 4 is 11.7 Å². The third-order valence-electron chi connectivity index (χ3n) is 4.50. The van der Waals surface area contributed by atoms with Gasteiger partial charge in [-0.15, -0.1) is 0 Å². The Labute approximate surface area is 137 Å². The molecule has 1 aromatic heterocycles. The Bertz CT molecular complexity index is 692. The highest BCUT2D eigenvalue weighted by atomic mass is 16.2. The zero-order chi connectivity index (χ0) is 16.4. The average Bonchev–Trinajstić information content (AvgIpc) is 3.02. The molecule has 2 heterocycles. The lowest BCUT2D eigenvalue weighted by molar-refractivity contribution is -0.121. The van der Waals surface area contributed by atoms with E-state index in [1.165, 1.54) is 11.1 Å². The largest absolute Gasteiger partial charge is 0.310 e. The van der Waals surface area contributed by atoms with Gasteiger partial charge in [-0.1, -0.05) is 24.3 Å². The number of benzene rings is 1. The molecule has 122 valence electrons.